The summed E-state index contributed by atoms with van der Waals surface area (Å²) in [6.07, 6.45) is 2.97. The van der Waals surface area contributed by atoms with E-state index in [2.05, 4.69) is 10.3 Å². The standard InChI is InChI=1S/C11H16N2O2/c1-2-14-10-4-3-6-13-11(10)15-9-5-7-12-8-9/h3-4,6,9,12H,2,5,7-8H2,1H3. The Morgan fingerprint density at radius 2 is 2.53 bits per heavy atom. The summed E-state index contributed by atoms with van der Waals surface area (Å²) in [5.41, 5.74) is 0. The lowest BCUT2D eigenvalue weighted by molar-refractivity contribution is 0.199. The molecule has 4 nitrogen and oxygen atoms in total. The molecule has 0 radical (unpaired) electrons. The van der Waals surface area contributed by atoms with Crippen molar-refractivity contribution in [3.8, 4) is 11.6 Å². The van der Waals surface area contributed by atoms with E-state index in [4.69, 9.17) is 9.47 Å². The first-order chi connectivity index (χ1) is 7.40. The van der Waals surface area contributed by atoms with Crippen LogP contribution in [0.4, 0.5) is 0 Å². The molecule has 4 heteroatoms. The van der Waals surface area contributed by atoms with E-state index in [1.165, 1.54) is 0 Å². The fourth-order valence-corrected chi connectivity index (χ4v) is 1.62. The van der Waals surface area contributed by atoms with Gasteiger partial charge in [-0.15, -0.1) is 0 Å². The number of nitrogens with one attached hydrogen (secondary N) is 1. The molecule has 82 valence electrons. The third-order valence-electron chi connectivity index (χ3n) is 2.33. The molecule has 1 aromatic heterocycles. The van der Waals surface area contributed by atoms with Gasteiger partial charge in [0, 0.05) is 12.7 Å². The van der Waals surface area contributed by atoms with Gasteiger partial charge in [0.15, 0.2) is 5.75 Å². The van der Waals surface area contributed by atoms with Crippen molar-refractivity contribution in [1.82, 2.24) is 10.3 Å². The van der Waals surface area contributed by atoms with Crippen LogP contribution in [0.25, 0.3) is 0 Å². The Kier molecular flexibility index (Phi) is 3.40. The molecule has 1 aromatic rings. The van der Waals surface area contributed by atoms with Crippen molar-refractivity contribution in [2.75, 3.05) is 19.7 Å². The minimum absolute atomic E-state index is 0.221. The third-order valence-corrected chi connectivity index (χ3v) is 2.33. The molecule has 1 atom stereocenters. The molecule has 0 saturated carbocycles. The van der Waals surface area contributed by atoms with Crippen LogP contribution in [0.15, 0.2) is 18.3 Å². The number of hydrogen-bond acceptors (Lipinski definition) is 4. The molecule has 0 amide bonds. The minimum Gasteiger partial charge on any atom is -0.488 e. The quantitative estimate of drug-likeness (QED) is 0.808. The average Bonchev–Trinajstić information content (AvgIpc) is 2.74. The van der Waals surface area contributed by atoms with Gasteiger partial charge in [-0.2, -0.15) is 0 Å². The molecule has 0 aromatic carbocycles. The second kappa shape index (κ2) is 4.98. The number of ether oxygens (including phenoxy) is 2. The van der Waals surface area contributed by atoms with Crippen molar-refractivity contribution in [2.45, 2.75) is 19.4 Å². The summed E-state index contributed by atoms with van der Waals surface area (Å²) in [4.78, 5) is 4.19. The second-order valence-corrected chi connectivity index (χ2v) is 3.47. The van der Waals surface area contributed by atoms with Crippen LogP contribution in [-0.4, -0.2) is 30.8 Å². The Balaban J connectivity index is 2.05. The first-order valence-corrected chi connectivity index (χ1v) is 5.35. The number of rotatable bonds is 4. The molecule has 1 saturated heterocycles. The zero-order chi connectivity index (χ0) is 10.5. The summed E-state index contributed by atoms with van der Waals surface area (Å²) in [6, 6.07) is 3.74. The number of pyridine rings is 1. The summed E-state index contributed by atoms with van der Waals surface area (Å²) in [5, 5.41) is 3.25. The molecule has 2 rings (SSSR count). The lowest BCUT2D eigenvalue weighted by atomic mass is 10.3. The van der Waals surface area contributed by atoms with Crippen LogP contribution in [0, 0.1) is 0 Å². The molecule has 1 unspecified atom stereocenters. The Hall–Kier alpha value is -1.29. The lowest BCUT2D eigenvalue weighted by Gasteiger charge is -2.14. The van der Waals surface area contributed by atoms with Crippen molar-refractivity contribution in [3.05, 3.63) is 18.3 Å². The third kappa shape index (κ3) is 2.59. The summed E-state index contributed by atoms with van der Waals surface area (Å²) in [6.45, 7) is 4.49. The maximum Gasteiger partial charge on any atom is 0.257 e. The Morgan fingerprint density at radius 1 is 1.60 bits per heavy atom. The summed E-state index contributed by atoms with van der Waals surface area (Å²) in [7, 11) is 0. The Labute approximate surface area is 89.6 Å². The van der Waals surface area contributed by atoms with Crippen molar-refractivity contribution >= 4 is 0 Å². The van der Waals surface area contributed by atoms with Gasteiger partial charge in [-0.25, -0.2) is 4.98 Å². The van der Waals surface area contributed by atoms with E-state index in [1.807, 2.05) is 19.1 Å². The van der Waals surface area contributed by atoms with Gasteiger partial charge in [0.25, 0.3) is 5.88 Å². The molecule has 0 bridgehead atoms. The highest BCUT2D eigenvalue weighted by atomic mass is 16.5. The van der Waals surface area contributed by atoms with Crippen LogP contribution in [0.1, 0.15) is 13.3 Å². The monoisotopic (exact) mass is 208 g/mol. The molecule has 0 aliphatic carbocycles. The first kappa shape index (κ1) is 10.2. The highest BCUT2D eigenvalue weighted by molar-refractivity contribution is 5.32. The largest absolute Gasteiger partial charge is 0.488 e. The number of nitrogens with zero attached hydrogens (tertiary/aromatic N) is 1. The maximum absolute atomic E-state index is 5.76. The van der Waals surface area contributed by atoms with Gasteiger partial charge >= 0.3 is 0 Å². The van der Waals surface area contributed by atoms with Gasteiger partial charge < -0.3 is 14.8 Å². The smallest absolute Gasteiger partial charge is 0.257 e. The van der Waals surface area contributed by atoms with Crippen molar-refractivity contribution in [2.24, 2.45) is 0 Å². The van der Waals surface area contributed by atoms with Gasteiger partial charge in [0.1, 0.15) is 6.10 Å². The highest BCUT2D eigenvalue weighted by Gasteiger charge is 2.18. The van der Waals surface area contributed by atoms with Crippen LogP contribution in [0.3, 0.4) is 0 Å². The van der Waals surface area contributed by atoms with E-state index >= 15 is 0 Å². The fourth-order valence-electron chi connectivity index (χ4n) is 1.62. The van der Waals surface area contributed by atoms with E-state index in [-0.39, 0.29) is 6.10 Å². The molecule has 0 spiro atoms. The van der Waals surface area contributed by atoms with E-state index in [0.717, 1.165) is 25.3 Å². The molecule has 1 aliphatic rings. The van der Waals surface area contributed by atoms with Gasteiger partial charge in [-0.3, -0.25) is 0 Å². The van der Waals surface area contributed by atoms with Gasteiger partial charge in [-0.05, 0) is 32.0 Å². The lowest BCUT2D eigenvalue weighted by Crippen LogP contribution is -2.20. The molecule has 15 heavy (non-hydrogen) atoms. The first-order valence-electron chi connectivity index (χ1n) is 5.35. The summed E-state index contributed by atoms with van der Waals surface area (Å²) < 4.78 is 11.2. The number of hydrogen-bond donors (Lipinski definition) is 1. The Morgan fingerprint density at radius 3 is 3.27 bits per heavy atom. The normalized spacial score (nSPS) is 20.2. The summed E-state index contributed by atoms with van der Waals surface area (Å²) >= 11 is 0. The molecule has 1 fully saturated rings. The second-order valence-electron chi connectivity index (χ2n) is 3.47. The zero-order valence-electron chi connectivity index (χ0n) is 8.90. The SMILES string of the molecule is CCOc1cccnc1OC1CCNC1. The van der Waals surface area contributed by atoms with Crippen LogP contribution in [-0.2, 0) is 0 Å². The number of aromatic nitrogens is 1. The summed E-state index contributed by atoms with van der Waals surface area (Å²) in [5.74, 6) is 1.33. The molecular formula is C11H16N2O2. The molecular weight excluding hydrogens is 192 g/mol. The Bertz CT molecular complexity index is 311. The van der Waals surface area contributed by atoms with Gasteiger partial charge in [-0.1, -0.05) is 0 Å². The van der Waals surface area contributed by atoms with Crippen LogP contribution >= 0.6 is 0 Å². The van der Waals surface area contributed by atoms with Gasteiger partial charge in [0.05, 0.1) is 6.61 Å². The van der Waals surface area contributed by atoms with Crippen molar-refractivity contribution < 1.29 is 9.47 Å². The predicted octanol–water partition coefficient (Wildman–Crippen LogP) is 1.22. The highest BCUT2D eigenvalue weighted by Crippen LogP contribution is 2.25. The van der Waals surface area contributed by atoms with E-state index in [0.29, 0.717) is 12.5 Å². The van der Waals surface area contributed by atoms with Crippen LogP contribution in [0.2, 0.25) is 0 Å². The van der Waals surface area contributed by atoms with Crippen LogP contribution < -0.4 is 14.8 Å². The van der Waals surface area contributed by atoms with Crippen molar-refractivity contribution in [3.63, 3.8) is 0 Å². The van der Waals surface area contributed by atoms with Crippen molar-refractivity contribution in [1.29, 1.82) is 0 Å². The predicted molar refractivity (Wildman–Crippen MR) is 57.3 cm³/mol. The topological polar surface area (TPSA) is 43.4 Å². The van der Waals surface area contributed by atoms with E-state index in [1.54, 1.807) is 6.20 Å². The molecule has 2 heterocycles. The maximum atomic E-state index is 5.76. The average molecular weight is 208 g/mol. The van der Waals surface area contributed by atoms with E-state index in [9.17, 15) is 0 Å². The molecule has 1 N–H and O–H groups in total. The van der Waals surface area contributed by atoms with Crippen LogP contribution in [0.5, 0.6) is 11.6 Å². The molecule has 1 aliphatic heterocycles. The van der Waals surface area contributed by atoms with Gasteiger partial charge in [0.2, 0.25) is 0 Å². The van der Waals surface area contributed by atoms with E-state index < -0.39 is 0 Å². The zero-order valence-corrected chi connectivity index (χ0v) is 8.90. The minimum atomic E-state index is 0.221. The fraction of sp³-hybridized carbons (Fsp3) is 0.545.